The number of hydrogen-bond acceptors (Lipinski definition) is 1. The molecule has 1 nitrogen and oxygen atoms in total. The van der Waals surface area contributed by atoms with Crippen molar-refractivity contribution in [2.24, 2.45) is 0 Å². The van der Waals surface area contributed by atoms with Crippen LogP contribution in [0.5, 0.6) is 0 Å². The van der Waals surface area contributed by atoms with Crippen molar-refractivity contribution in [3.05, 3.63) is 96.6 Å². The van der Waals surface area contributed by atoms with Crippen molar-refractivity contribution in [3.8, 4) is 0 Å². The molecule has 130 valence electrons. The van der Waals surface area contributed by atoms with Crippen molar-refractivity contribution in [2.45, 2.75) is 0 Å². The summed E-state index contributed by atoms with van der Waals surface area (Å²) < 4.78 is 0. The van der Waals surface area contributed by atoms with Gasteiger partial charge in [-0.15, -0.1) is 0 Å². The highest BCUT2D eigenvalue weighted by Crippen LogP contribution is 2.32. The highest BCUT2D eigenvalue weighted by molar-refractivity contribution is 6.10. The van der Waals surface area contributed by atoms with Crippen LogP contribution in [0.25, 0.3) is 53.9 Å². The Hall–Kier alpha value is -3.71. The molecule has 0 heterocycles. The van der Waals surface area contributed by atoms with Crippen molar-refractivity contribution in [1.29, 1.82) is 0 Å². The van der Waals surface area contributed by atoms with E-state index in [0.717, 1.165) is 17.1 Å². The van der Waals surface area contributed by atoms with E-state index in [4.69, 9.17) is 0 Å². The number of fused-ring (bicyclic) bond motifs is 5. The molecule has 0 aromatic heterocycles. The van der Waals surface area contributed by atoms with Gasteiger partial charge in [0, 0.05) is 5.56 Å². The predicted octanol–water partition coefficient (Wildman–Crippen LogP) is 7.27. The zero-order valence-electron chi connectivity index (χ0n) is 15.1. The second kappa shape index (κ2) is 5.64. The summed E-state index contributed by atoms with van der Waals surface area (Å²) in [6.07, 6.45) is 0.903. The number of rotatable bonds is 1. The molecule has 28 heavy (non-hydrogen) atoms. The van der Waals surface area contributed by atoms with E-state index in [1.807, 2.05) is 18.2 Å². The molecule has 6 aromatic carbocycles. The third-order valence-corrected chi connectivity index (χ3v) is 5.73. The maximum absolute atomic E-state index is 11.1. The number of carbonyl (C=O) groups excluding carboxylic acids is 1. The lowest BCUT2D eigenvalue weighted by molar-refractivity contribution is 0.112. The standard InChI is InChI=1S/C27H16O/c28-16-17-5-6-20-10-24-14-26-12-22-8-18-3-1-2-4-19(18)9-23(22)13-27(26)15-25(24)11-21(20)7-17/h1-16H. The highest BCUT2D eigenvalue weighted by atomic mass is 16.1. The van der Waals surface area contributed by atoms with Gasteiger partial charge in [-0.3, -0.25) is 4.79 Å². The average Bonchev–Trinajstić information content (AvgIpc) is 2.73. The Morgan fingerprint density at radius 3 is 1.18 bits per heavy atom. The zero-order valence-corrected chi connectivity index (χ0v) is 15.1. The maximum Gasteiger partial charge on any atom is 0.150 e. The predicted molar refractivity (Wildman–Crippen MR) is 119 cm³/mol. The van der Waals surface area contributed by atoms with Crippen LogP contribution in [0.2, 0.25) is 0 Å². The van der Waals surface area contributed by atoms with E-state index in [-0.39, 0.29) is 0 Å². The summed E-state index contributed by atoms with van der Waals surface area (Å²) in [5, 5.41) is 12.2. The van der Waals surface area contributed by atoms with Crippen LogP contribution in [0.4, 0.5) is 0 Å². The highest BCUT2D eigenvalue weighted by Gasteiger charge is 2.05. The Bertz CT molecular complexity index is 1570. The van der Waals surface area contributed by atoms with Gasteiger partial charge in [0.15, 0.2) is 0 Å². The molecule has 0 saturated carbocycles. The molecule has 6 aromatic rings. The first-order chi connectivity index (χ1) is 13.8. The third-order valence-electron chi connectivity index (χ3n) is 5.73. The summed E-state index contributed by atoms with van der Waals surface area (Å²) in [5.74, 6) is 0. The van der Waals surface area contributed by atoms with Gasteiger partial charge in [0.1, 0.15) is 6.29 Å². The van der Waals surface area contributed by atoms with Crippen LogP contribution in [0.1, 0.15) is 10.4 Å². The molecule has 6 rings (SSSR count). The van der Waals surface area contributed by atoms with Gasteiger partial charge < -0.3 is 0 Å². The molecule has 0 atom stereocenters. The zero-order chi connectivity index (χ0) is 18.7. The molecule has 0 saturated heterocycles. The maximum atomic E-state index is 11.1. The van der Waals surface area contributed by atoms with E-state index in [2.05, 4.69) is 72.8 Å². The fourth-order valence-corrected chi connectivity index (χ4v) is 4.29. The first-order valence-electron chi connectivity index (χ1n) is 9.46. The second-order valence-corrected chi connectivity index (χ2v) is 7.52. The van der Waals surface area contributed by atoms with E-state index in [0.29, 0.717) is 5.56 Å². The van der Waals surface area contributed by atoms with Gasteiger partial charge in [0.2, 0.25) is 0 Å². The average molecular weight is 356 g/mol. The smallest absolute Gasteiger partial charge is 0.150 e. The fourth-order valence-electron chi connectivity index (χ4n) is 4.29. The molecule has 0 bridgehead atoms. The Morgan fingerprint density at radius 2 is 0.750 bits per heavy atom. The lowest BCUT2D eigenvalue weighted by Gasteiger charge is -2.08. The summed E-state index contributed by atoms with van der Waals surface area (Å²) in [7, 11) is 0. The SMILES string of the molecule is O=Cc1ccc2cc3cc4cc5cc6ccccc6cc5cc4cc3cc2c1. The summed E-state index contributed by atoms with van der Waals surface area (Å²) in [6.45, 7) is 0. The second-order valence-electron chi connectivity index (χ2n) is 7.52. The molecule has 0 aliphatic heterocycles. The molecule has 0 fully saturated rings. The van der Waals surface area contributed by atoms with Crippen LogP contribution in [0, 0.1) is 0 Å². The largest absolute Gasteiger partial charge is 0.298 e. The van der Waals surface area contributed by atoms with E-state index >= 15 is 0 Å². The third kappa shape index (κ3) is 2.30. The van der Waals surface area contributed by atoms with Crippen LogP contribution in [0.15, 0.2) is 91.0 Å². The van der Waals surface area contributed by atoms with Gasteiger partial charge >= 0.3 is 0 Å². The molecular formula is C27H16O. The number of hydrogen-bond donors (Lipinski definition) is 0. The van der Waals surface area contributed by atoms with Gasteiger partial charge in [-0.1, -0.05) is 36.4 Å². The number of carbonyl (C=O) groups is 1. The van der Waals surface area contributed by atoms with E-state index < -0.39 is 0 Å². The Kier molecular flexibility index (Phi) is 3.09. The first-order valence-corrected chi connectivity index (χ1v) is 9.46. The van der Waals surface area contributed by atoms with Crippen molar-refractivity contribution in [2.75, 3.05) is 0 Å². The fraction of sp³-hybridized carbons (Fsp3) is 0. The Balaban J connectivity index is 1.67. The minimum atomic E-state index is 0.713. The van der Waals surface area contributed by atoms with Crippen molar-refractivity contribution in [1.82, 2.24) is 0 Å². The molecule has 0 unspecified atom stereocenters. The summed E-state index contributed by atoms with van der Waals surface area (Å²) in [4.78, 5) is 11.1. The van der Waals surface area contributed by atoms with Crippen molar-refractivity contribution >= 4 is 60.1 Å². The number of benzene rings is 6. The van der Waals surface area contributed by atoms with Gasteiger partial charge in [-0.05, 0) is 108 Å². The molecule has 1 heteroatoms. The normalized spacial score (nSPS) is 11.7. The minimum Gasteiger partial charge on any atom is -0.298 e. The van der Waals surface area contributed by atoms with Crippen molar-refractivity contribution < 1.29 is 4.79 Å². The van der Waals surface area contributed by atoms with Crippen LogP contribution < -0.4 is 0 Å². The summed E-state index contributed by atoms with van der Waals surface area (Å²) in [5.41, 5.74) is 0.713. The molecule has 0 radical (unpaired) electrons. The Labute approximate surface area is 161 Å². The topological polar surface area (TPSA) is 17.1 Å². The lowest BCUT2D eigenvalue weighted by Crippen LogP contribution is -1.83. The van der Waals surface area contributed by atoms with Crippen LogP contribution in [0.3, 0.4) is 0 Å². The molecule has 0 amide bonds. The van der Waals surface area contributed by atoms with E-state index in [1.54, 1.807) is 0 Å². The van der Waals surface area contributed by atoms with E-state index in [1.165, 1.54) is 43.1 Å². The minimum absolute atomic E-state index is 0.713. The van der Waals surface area contributed by atoms with Gasteiger partial charge in [0.25, 0.3) is 0 Å². The summed E-state index contributed by atoms with van der Waals surface area (Å²) in [6, 6.07) is 32.4. The monoisotopic (exact) mass is 356 g/mol. The quantitative estimate of drug-likeness (QED) is 0.224. The Morgan fingerprint density at radius 1 is 0.393 bits per heavy atom. The van der Waals surface area contributed by atoms with Crippen LogP contribution in [-0.2, 0) is 0 Å². The molecule has 0 aliphatic rings. The van der Waals surface area contributed by atoms with Crippen LogP contribution in [-0.4, -0.2) is 6.29 Å². The number of aldehydes is 1. The molecule has 0 aliphatic carbocycles. The first kappa shape index (κ1) is 15.4. The van der Waals surface area contributed by atoms with Gasteiger partial charge in [-0.25, -0.2) is 0 Å². The van der Waals surface area contributed by atoms with E-state index in [9.17, 15) is 4.79 Å². The molecular weight excluding hydrogens is 340 g/mol. The molecule has 0 spiro atoms. The van der Waals surface area contributed by atoms with Gasteiger partial charge in [-0.2, -0.15) is 0 Å². The van der Waals surface area contributed by atoms with Crippen LogP contribution >= 0.6 is 0 Å². The lowest BCUT2D eigenvalue weighted by atomic mass is 9.96. The molecule has 0 N–H and O–H groups in total. The van der Waals surface area contributed by atoms with Crippen molar-refractivity contribution in [3.63, 3.8) is 0 Å². The van der Waals surface area contributed by atoms with Gasteiger partial charge in [0.05, 0.1) is 0 Å². The summed E-state index contributed by atoms with van der Waals surface area (Å²) >= 11 is 0.